The second-order valence-corrected chi connectivity index (χ2v) is 4.43. The minimum absolute atomic E-state index is 0.439. The molecule has 0 spiro atoms. The molecule has 0 saturated carbocycles. The van der Waals surface area contributed by atoms with Crippen molar-refractivity contribution in [2.24, 2.45) is 0 Å². The Labute approximate surface area is 74.2 Å². The summed E-state index contributed by atoms with van der Waals surface area (Å²) in [5.74, 6) is 0. The predicted octanol–water partition coefficient (Wildman–Crippen LogP) is 3.44. The SMILES string of the molecule is CSC(Br)c1ccccc1. The summed E-state index contributed by atoms with van der Waals surface area (Å²) < 4.78 is 0.439. The van der Waals surface area contributed by atoms with Gasteiger partial charge in [-0.1, -0.05) is 46.3 Å². The third-order valence-electron chi connectivity index (χ3n) is 1.27. The molecule has 10 heavy (non-hydrogen) atoms. The summed E-state index contributed by atoms with van der Waals surface area (Å²) in [4.78, 5) is 0. The van der Waals surface area contributed by atoms with Crippen LogP contribution in [0.4, 0.5) is 0 Å². The monoisotopic (exact) mass is 216 g/mol. The maximum atomic E-state index is 3.55. The Morgan fingerprint density at radius 2 is 1.90 bits per heavy atom. The standard InChI is InChI=1S/C8H9BrS/c1-10-8(9)7-5-3-2-4-6-7/h2-6,8H,1H3. The van der Waals surface area contributed by atoms with Crippen LogP contribution < -0.4 is 0 Å². The first-order valence-electron chi connectivity index (χ1n) is 3.06. The molecule has 1 rings (SSSR count). The van der Waals surface area contributed by atoms with E-state index in [0.29, 0.717) is 4.16 Å². The zero-order valence-corrected chi connectivity index (χ0v) is 8.15. The van der Waals surface area contributed by atoms with Gasteiger partial charge in [-0.2, -0.15) is 0 Å². The first-order valence-corrected chi connectivity index (χ1v) is 5.27. The van der Waals surface area contributed by atoms with Gasteiger partial charge in [0.1, 0.15) is 0 Å². The minimum atomic E-state index is 0.439. The van der Waals surface area contributed by atoms with Crippen LogP contribution in [0.15, 0.2) is 30.3 Å². The maximum absolute atomic E-state index is 3.55. The number of benzene rings is 1. The van der Waals surface area contributed by atoms with Crippen LogP contribution in [0.3, 0.4) is 0 Å². The van der Waals surface area contributed by atoms with Crippen molar-refractivity contribution in [2.45, 2.75) is 4.16 Å². The molecule has 0 aliphatic rings. The molecule has 0 N–H and O–H groups in total. The Balaban J connectivity index is 2.75. The summed E-state index contributed by atoms with van der Waals surface area (Å²) >= 11 is 5.34. The lowest BCUT2D eigenvalue weighted by Crippen LogP contribution is -1.80. The highest BCUT2D eigenvalue weighted by molar-refractivity contribution is 9.11. The minimum Gasteiger partial charge on any atom is -0.146 e. The highest BCUT2D eigenvalue weighted by atomic mass is 79.9. The van der Waals surface area contributed by atoms with Gasteiger partial charge in [0.15, 0.2) is 0 Å². The van der Waals surface area contributed by atoms with Crippen LogP contribution in [-0.4, -0.2) is 6.26 Å². The van der Waals surface area contributed by atoms with Gasteiger partial charge in [-0.15, -0.1) is 11.8 Å². The highest BCUT2D eigenvalue weighted by Crippen LogP contribution is 2.31. The van der Waals surface area contributed by atoms with E-state index in [1.54, 1.807) is 11.8 Å². The van der Waals surface area contributed by atoms with Crippen molar-refractivity contribution >= 4 is 27.7 Å². The van der Waals surface area contributed by atoms with Crippen molar-refractivity contribution < 1.29 is 0 Å². The van der Waals surface area contributed by atoms with Crippen LogP contribution in [0.2, 0.25) is 0 Å². The van der Waals surface area contributed by atoms with E-state index in [-0.39, 0.29) is 0 Å². The van der Waals surface area contributed by atoms with Gasteiger partial charge in [0.2, 0.25) is 0 Å². The number of hydrogen-bond donors (Lipinski definition) is 0. The highest BCUT2D eigenvalue weighted by Gasteiger charge is 2.01. The van der Waals surface area contributed by atoms with E-state index in [9.17, 15) is 0 Å². The summed E-state index contributed by atoms with van der Waals surface area (Å²) in [7, 11) is 0. The topological polar surface area (TPSA) is 0 Å². The first-order chi connectivity index (χ1) is 4.84. The van der Waals surface area contributed by atoms with Crippen molar-refractivity contribution in [3.05, 3.63) is 35.9 Å². The number of rotatable bonds is 2. The fourth-order valence-electron chi connectivity index (χ4n) is 0.740. The van der Waals surface area contributed by atoms with Crippen molar-refractivity contribution in [3.8, 4) is 0 Å². The molecule has 54 valence electrons. The number of alkyl halides is 1. The molecule has 0 saturated heterocycles. The van der Waals surface area contributed by atoms with Crippen LogP contribution in [0.25, 0.3) is 0 Å². The van der Waals surface area contributed by atoms with Crippen LogP contribution >= 0.6 is 27.7 Å². The van der Waals surface area contributed by atoms with E-state index in [0.717, 1.165) is 0 Å². The Bertz CT molecular complexity index is 186. The Kier molecular flexibility index (Phi) is 3.29. The summed E-state index contributed by atoms with van der Waals surface area (Å²) in [5.41, 5.74) is 1.33. The average molecular weight is 217 g/mol. The number of thioether (sulfide) groups is 1. The summed E-state index contributed by atoms with van der Waals surface area (Å²) in [6.45, 7) is 0. The second-order valence-electron chi connectivity index (χ2n) is 1.96. The van der Waals surface area contributed by atoms with Crippen LogP contribution in [0.1, 0.15) is 9.72 Å². The van der Waals surface area contributed by atoms with E-state index in [1.807, 2.05) is 6.07 Å². The molecule has 1 atom stereocenters. The largest absolute Gasteiger partial charge is 0.146 e. The van der Waals surface area contributed by atoms with Crippen molar-refractivity contribution in [1.29, 1.82) is 0 Å². The Morgan fingerprint density at radius 1 is 1.30 bits per heavy atom. The first kappa shape index (κ1) is 8.15. The summed E-state index contributed by atoms with van der Waals surface area (Å²) in [6, 6.07) is 10.4. The second kappa shape index (κ2) is 4.04. The molecule has 0 bridgehead atoms. The molecule has 0 heterocycles. The van der Waals surface area contributed by atoms with E-state index in [1.165, 1.54) is 5.56 Å². The van der Waals surface area contributed by atoms with Gasteiger partial charge in [-0.3, -0.25) is 0 Å². The lowest BCUT2D eigenvalue weighted by Gasteiger charge is -2.04. The fraction of sp³-hybridized carbons (Fsp3) is 0.250. The number of halogens is 1. The molecule has 0 aliphatic carbocycles. The zero-order valence-electron chi connectivity index (χ0n) is 5.75. The molecule has 0 amide bonds. The van der Waals surface area contributed by atoms with Crippen LogP contribution in [0.5, 0.6) is 0 Å². The van der Waals surface area contributed by atoms with Crippen molar-refractivity contribution in [2.75, 3.05) is 6.26 Å². The van der Waals surface area contributed by atoms with Gasteiger partial charge in [-0.05, 0) is 11.8 Å². The Hall–Kier alpha value is 0.0500. The molecule has 0 fully saturated rings. The number of hydrogen-bond acceptors (Lipinski definition) is 1. The van der Waals surface area contributed by atoms with Gasteiger partial charge in [-0.25, -0.2) is 0 Å². The van der Waals surface area contributed by atoms with Crippen molar-refractivity contribution in [3.63, 3.8) is 0 Å². The lowest BCUT2D eigenvalue weighted by molar-refractivity contribution is 1.41. The third-order valence-corrected chi connectivity index (χ3v) is 3.60. The summed E-state index contributed by atoms with van der Waals surface area (Å²) in [6.07, 6.45) is 2.09. The van der Waals surface area contributed by atoms with E-state index >= 15 is 0 Å². The molecule has 0 nitrogen and oxygen atoms in total. The molecular formula is C8H9BrS. The van der Waals surface area contributed by atoms with Gasteiger partial charge < -0.3 is 0 Å². The molecular weight excluding hydrogens is 208 g/mol. The Morgan fingerprint density at radius 3 is 2.40 bits per heavy atom. The maximum Gasteiger partial charge on any atom is 0.0846 e. The van der Waals surface area contributed by atoms with Crippen molar-refractivity contribution in [1.82, 2.24) is 0 Å². The molecule has 1 unspecified atom stereocenters. The van der Waals surface area contributed by atoms with Crippen LogP contribution in [-0.2, 0) is 0 Å². The molecule has 0 radical (unpaired) electrons. The predicted molar refractivity (Wildman–Crippen MR) is 51.6 cm³/mol. The smallest absolute Gasteiger partial charge is 0.0846 e. The average Bonchev–Trinajstić information content (AvgIpc) is 2.05. The van der Waals surface area contributed by atoms with Gasteiger partial charge >= 0.3 is 0 Å². The third kappa shape index (κ3) is 2.03. The van der Waals surface area contributed by atoms with E-state index in [4.69, 9.17) is 0 Å². The zero-order chi connectivity index (χ0) is 7.40. The van der Waals surface area contributed by atoms with E-state index < -0.39 is 0 Å². The fourth-order valence-corrected chi connectivity index (χ4v) is 1.47. The molecule has 0 aromatic heterocycles. The van der Waals surface area contributed by atoms with E-state index in [2.05, 4.69) is 46.5 Å². The van der Waals surface area contributed by atoms with Gasteiger partial charge in [0.25, 0.3) is 0 Å². The molecule has 1 aromatic carbocycles. The quantitative estimate of drug-likeness (QED) is 0.683. The van der Waals surface area contributed by atoms with Crippen LogP contribution in [0, 0.1) is 0 Å². The lowest BCUT2D eigenvalue weighted by atomic mass is 10.2. The molecule has 1 aromatic rings. The summed E-state index contributed by atoms with van der Waals surface area (Å²) in [5, 5.41) is 0. The normalized spacial score (nSPS) is 13.0. The molecule has 0 aliphatic heterocycles. The van der Waals surface area contributed by atoms with Gasteiger partial charge in [0.05, 0.1) is 4.16 Å². The van der Waals surface area contributed by atoms with Gasteiger partial charge in [0, 0.05) is 0 Å². The molecule has 2 heteroatoms.